The third-order valence-corrected chi connectivity index (χ3v) is 5.82. The summed E-state index contributed by atoms with van der Waals surface area (Å²) >= 11 is 5.41. The lowest BCUT2D eigenvalue weighted by molar-refractivity contribution is -0.128. The smallest absolute Gasteiger partial charge is 0.249 e. The van der Waals surface area contributed by atoms with Gasteiger partial charge in [-0.3, -0.25) is 9.89 Å². The average molecular weight is 347 g/mol. The van der Waals surface area contributed by atoms with Crippen LogP contribution in [-0.4, -0.2) is 38.7 Å². The normalized spacial score (nSPS) is 25.2. The van der Waals surface area contributed by atoms with Gasteiger partial charge in [-0.1, -0.05) is 12.5 Å². The highest BCUT2D eigenvalue weighted by molar-refractivity contribution is 7.71. The Labute approximate surface area is 148 Å². The molecule has 1 saturated carbocycles. The predicted octanol–water partition coefficient (Wildman–Crippen LogP) is 3.87. The second kappa shape index (κ2) is 6.82. The highest BCUT2D eigenvalue weighted by atomic mass is 32.1. The molecule has 4 rings (SSSR count). The van der Waals surface area contributed by atoms with Gasteiger partial charge in [0.1, 0.15) is 5.82 Å². The Morgan fingerprint density at radius 2 is 2.08 bits per heavy atom. The number of H-pyrrole nitrogens is 1. The van der Waals surface area contributed by atoms with Gasteiger partial charge in [-0.2, -0.15) is 5.10 Å². The minimum atomic E-state index is 0.258. The third kappa shape index (κ3) is 3.21. The van der Waals surface area contributed by atoms with Crippen LogP contribution in [0.15, 0.2) is 11.6 Å². The van der Waals surface area contributed by atoms with E-state index in [2.05, 4.69) is 25.7 Å². The molecule has 1 saturated heterocycles. The minimum absolute atomic E-state index is 0.258. The Balaban J connectivity index is 1.50. The largest absolute Gasteiger partial charge is 0.338 e. The first kappa shape index (κ1) is 16.1. The molecule has 1 aliphatic heterocycles. The van der Waals surface area contributed by atoms with E-state index >= 15 is 0 Å². The first-order chi connectivity index (χ1) is 11.7. The van der Waals surface area contributed by atoms with Crippen molar-refractivity contribution in [2.24, 2.45) is 0 Å². The van der Waals surface area contributed by atoms with E-state index in [1.54, 1.807) is 0 Å². The quantitative estimate of drug-likeness (QED) is 0.845. The Morgan fingerprint density at radius 1 is 1.21 bits per heavy atom. The number of carbonyl (C=O) groups excluding carboxylic acids is 1. The summed E-state index contributed by atoms with van der Waals surface area (Å²) in [4.78, 5) is 15.0. The van der Waals surface area contributed by atoms with Crippen molar-refractivity contribution in [1.29, 1.82) is 0 Å². The molecule has 130 valence electrons. The SMILES string of the molecule is O=C(C1=CCCCCC1)N1CCC[C@@H](c2n[nH]c(=S)n2C2CC2)C1. The molecule has 1 aromatic heterocycles. The summed E-state index contributed by atoms with van der Waals surface area (Å²) < 4.78 is 2.95. The highest BCUT2D eigenvalue weighted by Gasteiger charge is 2.33. The van der Waals surface area contributed by atoms with Crippen LogP contribution in [0.4, 0.5) is 0 Å². The summed E-state index contributed by atoms with van der Waals surface area (Å²) in [5.41, 5.74) is 1.04. The number of allylic oxidation sites excluding steroid dienone is 1. The van der Waals surface area contributed by atoms with Gasteiger partial charge in [0.25, 0.3) is 0 Å². The molecular formula is C18H26N4OS. The van der Waals surface area contributed by atoms with E-state index in [1.165, 1.54) is 25.7 Å². The van der Waals surface area contributed by atoms with Crippen LogP contribution in [-0.2, 0) is 4.79 Å². The van der Waals surface area contributed by atoms with Crippen LogP contribution in [0.1, 0.15) is 75.6 Å². The summed E-state index contributed by atoms with van der Waals surface area (Å²) in [6, 6.07) is 0.530. The molecule has 1 amide bonds. The van der Waals surface area contributed by atoms with E-state index < -0.39 is 0 Å². The van der Waals surface area contributed by atoms with Gasteiger partial charge in [-0.25, -0.2) is 0 Å². The zero-order valence-electron chi connectivity index (χ0n) is 14.2. The van der Waals surface area contributed by atoms with Crippen LogP contribution in [0, 0.1) is 4.77 Å². The van der Waals surface area contributed by atoms with Crippen molar-refractivity contribution in [1.82, 2.24) is 19.7 Å². The number of hydrogen-bond donors (Lipinski definition) is 1. The van der Waals surface area contributed by atoms with Crippen LogP contribution in [0.2, 0.25) is 0 Å². The van der Waals surface area contributed by atoms with E-state index in [-0.39, 0.29) is 5.91 Å². The molecule has 3 aliphatic rings. The van der Waals surface area contributed by atoms with E-state index in [4.69, 9.17) is 12.2 Å². The highest BCUT2D eigenvalue weighted by Crippen LogP contribution is 2.38. The molecule has 6 heteroatoms. The van der Waals surface area contributed by atoms with Crippen molar-refractivity contribution in [3.8, 4) is 0 Å². The second-order valence-electron chi connectivity index (χ2n) is 7.41. The molecule has 5 nitrogen and oxygen atoms in total. The maximum absolute atomic E-state index is 12.9. The van der Waals surface area contributed by atoms with Crippen molar-refractivity contribution in [3.05, 3.63) is 22.2 Å². The zero-order valence-corrected chi connectivity index (χ0v) is 15.0. The average Bonchev–Trinajstić information content (AvgIpc) is 3.41. The number of rotatable bonds is 3. The van der Waals surface area contributed by atoms with Crippen LogP contribution in [0.25, 0.3) is 0 Å². The molecular weight excluding hydrogens is 320 g/mol. The lowest BCUT2D eigenvalue weighted by atomic mass is 9.96. The fourth-order valence-corrected chi connectivity index (χ4v) is 4.36. The standard InChI is InChI=1S/C18H26N4OS/c23-17(13-6-3-1-2-4-7-13)21-11-5-8-14(12-21)16-19-20-18(24)22(16)15-9-10-15/h6,14-15H,1-5,7-12H2,(H,20,24)/t14-/m1/s1. The molecule has 0 spiro atoms. The molecule has 1 N–H and O–H groups in total. The number of amides is 1. The van der Waals surface area contributed by atoms with Gasteiger partial charge in [0.05, 0.1) is 0 Å². The zero-order chi connectivity index (χ0) is 16.5. The summed E-state index contributed by atoms with van der Waals surface area (Å²) in [5, 5.41) is 7.49. The van der Waals surface area contributed by atoms with Gasteiger partial charge in [0, 0.05) is 30.6 Å². The van der Waals surface area contributed by atoms with Gasteiger partial charge in [0.15, 0.2) is 4.77 Å². The number of nitrogens with one attached hydrogen (secondary N) is 1. The molecule has 0 bridgehead atoms. The third-order valence-electron chi connectivity index (χ3n) is 5.53. The topological polar surface area (TPSA) is 53.9 Å². The van der Waals surface area contributed by atoms with Crippen LogP contribution in [0.5, 0.6) is 0 Å². The maximum Gasteiger partial charge on any atom is 0.249 e. The van der Waals surface area contributed by atoms with E-state index in [1.807, 2.05) is 0 Å². The minimum Gasteiger partial charge on any atom is -0.338 e. The number of nitrogens with zero attached hydrogens (tertiary/aromatic N) is 3. The van der Waals surface area contributed by atoms with Gasteiger partial charge in [0.2, 0.25) is 5.91 Å². The number of carbonyl (C=O) groups is 1. The Morgan fingerprint density at radius 3 is 2.92 bits per heavy atom. The molecule has 0 aromatic carbocycles. The Bertz CT molecular complexity index is 700. The van der Waals surface area contributed by atoms with Gasteiger partial charge < -0.3 is 9.47 Å². The lowest BCUT2D eigenvalue weighted by Gasteiger charge is -2.33. The molecule has 0 radical (unpaired) electrons. The second-order valence-corrected chi connectivity index (χ2v) is 7.79. The van der Waals surface area contributed by atoms with Crippen LogP contribution < -0.4 is 0 Å². The Kier molecular flexibility index (Phi) is 4.57. The molecule has 2 fully saturated rings. The fourth-order valence-electron chi connectivity index (χ4n) is 4.08. The van der Waals surface area contributed by atoms with Crippen LogP contribution >= 0.6 is 12.2 Å². The monoisotopic (exact) mass is 346 g/mol. The predicted molar refractivity (Wildman–Crippen MR) is 95.4 cm³/mol. The van der Waals surface area contributed by atoms with Crippen molar-refractivity contribution in [2.75, 3.05) is 13.1 Å². The van der Waals surface area contributed by atoms with Crippen molar-refractivity contribution >= 4 is 18.1 Å². The molecule has 2 aliphatic carbocycles. The fraction of sp³-hybridized carbons (Fsp3) is 0.722. The molecule has 0 unspecified atom stereocenters. The summed E-state index contributed by atoms with van der Waals surface area (Å²) in [6.07, 6.45) is 12.3. The van der Waals surface area contributed by atoms with Crippen molar-refractivity contribution in [3.63, 3.8) is 0 Å². The molecule has 24 heavy (non-hydrogen) atoms. The molecule has 1 aromatic rings. The number of hydrogen-bond acceptors (Lipinski definition) is 3. The van der Waals surface area contributed by atoms with Gasteiger partial charge in [-0.05, 0) is 63.6 Å². The number of aromatic nitrogens is 3. The lowest BCUT2D eigenvalue weighted by Crippen LogP contribution is -2.40. The van der Waals surface area contributed by atoms with E-state index in [9.17, 15) is 4.79 Å². The number of aromatic amines is 1. The molecule has 1 atom stereocenters. The maximum atomic E-state index is 12.9. The summed E-state index contributed by atoms with van der Waals surface area (Å²) in [7, 11) is 0. The Hall–Kier alpha value is -1.43. The van der Waals surface area contributed by atoms with Crippen molar-refractivity contribution in [2.45, 2.75) is 69.7 Å². The summed E-state index contributed by atoms with van der Waals surface area (Å²) in [6.45, 7) is 1.66. The van der Waals surface area contributed by atoms with Gasteiger partial charge in [-0.15, -0.1) is 0 Å². The van der Waals surface area contributed by atoms with Crippen LogP contribution in [0.3, 0.4) is 0 Å². The van der Waals surface area contributed by atoms with Crippen molar-refractivity contribution < 1.29 is 4.79 Å². The van der Waals surface area contributed by atoms with E-state index in [0.717, 1.165) is 61.4 Å². The number of piperidine rings is 1. The first-order valence-electron chi connectivity index (χ1n) is 9.39. The van der Waals surface area contributed by atoms with E-state index in [0.29, 0.717) is 12.0 Å². The summed E-state index contributed by atoms with van der Waals surface area (Å²) in [5.74, 6) is 1.63. The molecule has 2 heterocycles. The first-order valence-corrected chi connectivity index (χ1v) is 9.80. The van der Waals surface area contributed by atoms with Gasteiger partial charge >= 0.3 is 0 Å². The number of likely N-dealkylation sites (tertiary alicyclic amines) is 1.